The Labute approximate surface area is 146 Å². The minimum Gasteiger partial charge on any atom is -0.480 e. The summed E-state index contributed by atoms with van der Waals surface area (Å²) in [6, 6.07) is -1.23. The summed E-state index contributed by atoms with van der Waals surface area (Å²) in [5.41, 5.74) is -0.339. The van der Waals surface area contributed by atoms with Crippen LogP contribution < -0.4 is 5.32 Å². The number of hydrogen-bond acceptors (Lipinski definition) is 5. The van der Waals surface area contributed by atoms with E-state index in [0.29, 0.717) is 11.7 Å². The molecule has 2 fully saturated rings. The molecule has 0 aromatic carbocycles. The number of carbonyl (C=O) groups is 2. The second-order valence-corrected chi connectivity index (χ2v) is 9.40. The quantitative estimate of drug-likeness (QED) is 0.871. The number of piperidine rings is 1. The first-order valence-corrected chi connectivity index (χ1v) is 9.12. The van der Waals surface area contributed by atoms with Crippen LogP contribution in [-0.4, -0.2) is 45.5 Å². The standard InChI is InChI=1S/C17H25N3O3S/c1-16(2,3)12(19-15-18-6-7-24-15)13(21)20-8-9-10(17(9,4)5)11(20)14(22)23/h6-7,9-12H,8H2,1-5H3,(H,18,19)(H,22,23)/t9-,10-,11-,12+/m0/s1. The number of hydrogen-bond donors (Lipinski definition) is 2. The molecule has 132 valence electrons. The molecule has 0 radical (unpaired) electrons. The van der Waals surface area contributed by atoms with Gasteiger partial charge in [0.1, 0.15) is 12.1 Å². The van der Waals surface area contributed by atoms with Crippen LogP contribution >= 0.6 is 11.3 Å². The molecule has 2 aliphatic rings. The highest BCUT2D eigenvalue weighted by Gasteiger charge is 2.70. The molecule has 0 bridgehead atoms. The number of carbonyl (C=O) groups excluding carboxylic acids is 1. The number of carboxylic acid groups (broad SMARTS) is 1. The van der Waals surface area contributed by atoms with Gasteiger partial charge in [0.15, 0.2) is 5.13 Å². The summed E-state index contributed by atoms with van der Waals surface area (Å²) >= 11 is 1.43. The Kier molecular flexibility index (Phi) is 3.90. The van der Waals surface area contributed by atoms with Gasteiger partial charge in [-0.3, -0.25) is 4.79 Å². The molecule has 1 aromatic rings. The number of nitrogens with one attached hydrogen (secondary N) is 1. The monoisotopic (exact) mass is 351 g/mol. The number of rotatable bonds is 4. The van der Waals surface area contributed by atoms with E-state index in [0.717, 1.165) is 0 Å². The Hall–Kier alpha value is -1.63. The normalized spacial score (nSPS) is 29.0. The molecule has 0 unspecified atom stereocenters. The van der Waals surface area contributed by atoms with E-state index in [-0.39, 0.29) is 28.6 Å². The lowest BCUT2D eigenvalue weighted by atomic mass is 9.85. The molecule has 1 amide bonds. The summed E-state index contributed by atoms with van der Waals surface area (Å²) in [6.45, 7) is 10.6. The number of aliphatic carboxylic acids is 1. The molecular formula is C17H25N3O3S. The summed E-state index contributed by atoms with van der Waals surface area (Å²) < 4.78 is 0. The van der Waals surface area contributed by atoms with Crippen LogP contribution in [0.2, 0.25) is 0 Å². The molecular weight excluding hydrogens is 326 g/mol. The van der Waals surface area contributed by atoms with Crippen LogP contribution in [0.3, 0.4) is 0 Å². The Morgan fingerprint density at radius 1 is 1.46 bits per heavy atom. The lowest BCUT2D eigenvalue weighted by Crippen LogP contribution is -2.54. The summed E-state index contributed by atoms with van der Waals surface area (Å²) in [6.07, 6.45) is 1.69. The van der Waals surface area contributed by atoms with Crippen LogP contribution in [0.15, 0.2) is 11.6 Å². The number of aromatic nitrogens is 1. The van der Waals surface area contributed by atoms with Gasteiger partial charge in [-0.25, -0.2) is 9.78 Å². The highest BCUT2D eigenvalue weighted by atomic mass is 32.1. The second-order valence-electron chi connectivity index (χ2n) is 8.51. The van der Waals surface area contributed by atoms with E-state index in [1.807, 2.05) is 26.2 Å². The minimum atomic E-state index is -0.900. The zero-order chi connectivity index (χ0) is 17.9. The second kappa shape index (κ2) is 5.44. The molecule has 24 heavy (non-hydrogen) atoms. The molecule has 3 rings (SSSR count). The van der Waals surface area contributed by atoms with E-state index in [2.05, 4.69) is 24.1 Å². The summed E-state index contributed by atoms with van der Waals surface area (Å²) in [4.78, 5) is 30.8. The summed E-state index contributed by atoms with van der Waals surface area (Å²) in [7, 11) is 0. The van der Waals surface area contributed by atoms with Crippen molar-refractivity contribution in [1.82, 2.24) is 9.88 Å². The fourth-order valence-corrected chi connectivity index (χ4v) is 4.59. The van der Waals surface area contributed by atoms with Gasteiger partial charge in [0.25, 0.3) is 0 Å². The Bertz CT molecular complexity index is 651. The van der Waals surface area contributed by atoms with E-state index in [9.17, 15) is 14.7 Å². The molecule has 0 spiro atoms. The predicted molar refractivity (Wildman–Crippen MR) is 92.9 cm³/mol. The molecule has 1 aromatic heterocycles. The van der Waals surface area contributed by atoms with Crippen molar-refractivity contribution >= 4 is 28.3 Å². The first kappa shape index (κ1) is 17.2. The highest BCUT2D eigenvalue weighted by Crippen LogP contribution is 2.65. The van der Waals surface area contributed by atoms with Crippen molar-refractivity contribution in [1.29, 1.82) is 0 Å². The highest BCUT2D eigenvalue weighted by molar-refractivity contribution is 7.13. The molecule has 1 saturated heterocycles. The molecule has 1 aliphatic carbocycles. The number of likely N-dealkylation sites (tertiary alicyclic amines) is 1. The van der Waals surface area contributed by atoms with Gasteiger partial charge in [-0.05, 0) is 16.7 Å². The van der Waals surface area contributed by atoms with Gasteiger partial charge in [0.05, 0.1) is 0 Å². The van der Waals surface area contributed by atoms with Crippen molar-refractivity contribution in [2.75, 3.05) is 11.9 Å². The van der Waals surface area contributed by atoms with Crippen LogP contribution in [-0.2, 0) is 9.59 Å². The molecule has 6 nitrogen and oxygen atoms in total. The number of carboxylic acids is 1. The Morgan fingerprint density at radius 2 is 2.12 bits per heavy atom. The van der Waals surface area contributed by atoms with E-state index in [1.54, 1.807) is 11.1 Å². The third-order valence-corrected chi connectivity index (χ3v) is 6.26. The van der Waals surface area contributed by atoms with Crippen molar-refractivity contribution in [3.63, 3.8) is 0 Å². The van der Waals surface area contributed by atoms with Crippen molar-refractivity contribution in [3.8, 4) is 0 Å². The molecule has 2 N–H and O–H groups in total. The maximum Gasteiger partial charge on any atom is 0.326 e. The number of fused-ring (bicyclic) bond motifs is 1. The van der Waals surface area contributed by atoms with Crippen LogP contribution in [0, 0.1) is 22.7 Å². The van der Waals surface area contributed by atoms with Gasteiger partial charge in [-0.1, -0.05) is 34.6 Å². The van der Waals surface area contributed by atoms with Crippen LogP contribution in [0.5, 0.6) is 0 Å². The van der Waals surface area contributed by atoms with E-state index >= 15 is 0 Å². The third-order valence-electron chi connectivity index (χ3n) is 5.56. The van der Waals surface area contributed by atoms with Crippen molar-refractivity contribution in [2.24, 2.45) is 22.7 Å². The smallest absolute Gasteiger partial charge is 0.326 e. The lowest BCUT2D eigenvalue weighted by molar-refractivity contribution is -0.151. The average molecular weight is 351 g/mol. The van der Waals surface area contributed by atoms with Crippen molar-refractivity contribution in [2.45, 2.75) is 46.7 Å². The maximum atomic E-state index is 13.2. The lowest BCUT2D eigenvalue weighted by Gasteiger charge is -2.36. The third kappa shape index (κ3) is 2.68. The molecule has 2 heterocycles. The fourth-order valence-electron chi connectivity index (χ4n) is 4.03. The van der Waals surface area contributed by atoms with E-state index in [4.69, 9.17) is 0 Å². The number of nitrogens with zero attached hydrogens (tertiary/aromatic N) is 2. The fraction of sp³-hybridized carbons (Fsp3) is 0.706. The van der Waals surface area contributed by atoms with Gasteiger partial charge >= 0.3 is 5.97 Å². The van der Waals surface area contributed by atoms with E-state index < -0.39 is 18.1 Å². The number of anilines is 1. The minimum absolute atomic E-state index is 0.0137. The molecule has 4 atom stereocenters. The largest absolute Gasteiger partial charge is 0.480 e. The molecule has 1 saturated carbocycles. The van der Waals surface area contributed by atoms with Gasteiger partial charge < -0.3 is 15.3 Å². The summed E-state index contributed by atoms with van der Waals surface area (Å²) in [5, 5.41) is 15.4. The first-order valence-electron chi connectivity index (χ1n) is 8.24. The van der Waals surface area contributed by atoms with Gasteiger partial charge in [0, 0.05) is 24.0 Å². The van der Waals surface area contributed by atoms with Gasteiger partial charge in [-0.15, -0.1) is 11.3 Å². The topological polar surface area (TPSA) is 82.5 Å². The number of thiazole rings is 1. The first-order chi connectivity index (χ1) is 11.0. The van der Waals surface area contributed by atoms with Crippen LogP contribution in [0.25, 0.3) is 0 Å². The zero-order valence-corrected chi connectivity index (χ0v) is 15.6. The maximum absolute atomic E-state index is 13.2. The SMILES string of the molecule is CC(C)(C)[C@H](Nc1nccs1)C(=O)N1C[C@H]2[C@@H]([C@H]1C(=O)O)C2(C)C. The zero-order valence-electron chi connectivity index (χ0n) is 14.7. The van der Waals surface area contributed by atoms with Crippen molar-refractivity contribution in [3.05, 3.63) is 11.6 Å². The summed E-state index contributed by atoms with van der Waals surface area (Å²) in [5.74, 6) is -0.709. The Morgan fingerprint density at radius 3 is 2.62 bits per heavy atom. The van der Waals surface area contributed by atoms with Crippen LogP contribution in [0.4, 0.5) is 5.13 Å². The van der Waals surface area contributed by atoms with E-state index in [1.165, 1.54) is 11.3 Å². The number of amides is 1. The van der Waals surface area contributed by atoms with Gasteiger partial charge in [0.2, 0.25) is 5.91 Å². The average Bonchev–Trinajstić information content (AvgIpc) is 2.94. The Balaban J connectivity index is 1.84. The van der Waals surface area contributed by atoms with Crippen molar-refractivity contribution < 1.29 is 14.7 Å². The van der Waals surface area contributed by atoms with Gasteiger partial charge in [-0.2, -0.15) is 0 Å². The molecule has 1 aliphatic heterocycles. The van der Waals surface area contributed by atoms with Crippen LogP contribution in [0.1, 0.15) is 34.6 Å². The molecule has 7 heteroatoms. The predicted octanol–water partition coefficient (Wildman–Crippen LogP) is 2.54.